The van der Waals surface area contributed by atoms with Gasteiger partial charge in [-0.25, -0.2) is 0 Å². The molecule has 0 aliphatic heterocycles. The van der Waals surface area contributed by atoms with Gasteiger partial charge < -0.3 is 0 Å². The van der Waals surface area contributed by atoms with Crippen molar-refractivity contribution in [2.75, 3.05) is 0 Å². The molecule has 0 saturated heterocycles. The summed E-state index contributed by atoms with van der Waals surface area (Å²) in [5.74, 6) is 0. The van der Waals surface area contributed by atoms with Crippen molar-refractivity contribution in [3.63, 3.8) is 0 Å². The summed E-state index contributed by atoms with van der Waals surface area (Å²) in [6.07, 6.45) is 0. The summed E-state index contributed by atoms with van der Waals surface area (Å²) in [5.41, 5.74) is 10.3. The van der Waals surface area contributed by atoms with Crippen molar-refractivity contribution < 1.29 is 0 Å². The molecular formula is C26H22. The Hall–Kier alpha value is -3.12. The Morgan fingerprint density at radius 2 is 0.846 bits per heavy atom. The molecule has 0 spiro atoms. The Bertz CT molecular complexity index is 1010. The van der Waals surface area contributed by atoms with Crippen LogP contribution in [0.1, 0.15) is 11.1 Å². The van der Waals surface area contributed by atoms with Gasteiger partial charge in [-0.05, 0) is 58.4 Å². The van der Waals surface area contributed by atoms with Gasteiger partial charge in [0.15, 0.2) is 0 Å². The highest BCUT2D eigenvalue weighted by Gasteiger charge is 2.05. The van der Waals surface area contributed by atoms with Gasteiger partial charge in [0.05, 0.1) is 0 Å². The van der Waals surface area contributed by atoms with E-state index in [0.717, 1.165) is 0 Å². The van der Waals surface area contributed by atoms with Crippen LogP contribution in [0.3, 0.4) is 0 Å². The second kappa shape index (κ2) is 7.01. The van der Waals surface area contributed by atoms with E-state index in [1.165, 1.54) is 44.5 Å². The normalized spacial score (nSPS) is 10.7. The van der Waals surface area contributed by atoms with Crippen molar-refractivity contribution in [1.82, 2.24) is 0 Å². The van der Waals surface area contributed by atoms with E-state index >= 15 is 0 Å². The molecular weight excluding hydrogens is 312 g/mol. The van der Waals surface area contributed by atoms with Crippen molar-refractivity contribution in [3.05, 3.63) is 108 Å². The highest BCUT2D eigenvalue weighted by Crippen LogP contribution is 2.29. The molecule has 0 fully saturated rings. The Kier molecular flexibility index (Phi) is 4.41. The van der Waals surface area contributed by atoms with Crippen molar-refractivity contribution >= 4 is 0 Å². The SMILES string of the molecule is Cc1cccc(-c2ccc(-c3ccc(-c4ccccc4)cc3)cc2)c1C. The first kappa shape index (κ1) is 16.4. The van der Waals surface area contributed by atoms with Crippen molar-refractivity contribution in [3.8, 4) is 33.4 Å². The van der Waals surface area contributed by atoms with Gasteiger partial charge in [0.2, 0.25) is 0 Å². The lowest BCUT2D eigenvalue weighted by atomic mass is 9.95. The molecule has 0 amide bonds. The first-order valence-corrected chi connectivity index (χ1v) is 9.05. The largest absolute Gasteiger partial charge is 0.0622 e. The van der Waals surface area contributed by atoms with Gasteiger partial charge in [-0.3, -0.25) is 0 Å². The van der Waals surface area contributed by atoms with Gasteiger partial charge in [-0.15, -0.1) is 0 Å². The molecule has 0 nitrogen and oxygen atoms in total. The van der Waals surface area contributed by atoms with E-state index in [2.05, 4.69) is 111 Å². The van der Waals surface area contributed by atoms with Crippen molar-refractivity contribution in [1.29, 1.82) is 0 Å². The lowest BCUT2D eigenvalue weighted by molar-refractivity contribution is 1.34. The number of benzene rings is 4. The fourth-order valence-electron chi connectivity index (χ4n) is 3.39. The van der Waals surface area contributed by atoms with Crippen molar-refractivity contribution in [2.45, 2.75) is 13.8 Å². The van der Waals surface area contributed by atoms with E-state index in [1.807, 2.05) is 0 Å². The quantitative estimate of drug-likeness (QED) is 0.368. The summed E-state index contributed by atoms with van der Waals surface area (Å²) >= 11 is 0. The molecule has 0 aromatic heterocycles. The van der Waals surface area contributed by atoms with Gasteiger partial charge in [-0.2, -0.15) is 0 Å². The molecule has 0 unspecified atom stereocenters. The lowest BCUT2D eigenvalue weighted by Gasteiger charge is -2.10. The van der Waals surface area contributed by atoms with Crippen LogP contribution in [0.2, 0.25) is 0 Å². The minimum Gasteiger partial charge on any atom is -0.0622 e. The third kappa shape index (κ3) is 3.19. The Morgan fingerprint density at radius 3 is 1.38 bits per heavy atom. The van der Waals surface area contributed by atoms with Crippen molar-refractivity contribution in [2.24, 2.45) is 0 Å². The Balaban J connectivity index is 1.62. The van der Waals surface area contributed by atoms with Crippen LogP contribution in [0.5, 0.6) is 0 Å². The molecule has 4 rings (SSSR count). The maximum absolute atomic E-state index is 2.22. The number of hydrogen-bond acceptors (Lipinski definition) is 0. The average molecular weight is 334 g/mol. The molecule has 0 heterocycles. The zero-order valence-electron chi connectivity index (χ0n) is 15.2. The van der Waals surface area contributed by atoms with Gasteiger partial charge in [-0.1, -0.05) is 97.1 Å². The molecule has 0 bridgehead atoms. The van der Waals surface area contributed by atoms with Crippen LogP contribution in [0.15, 0.2) is 97.1 Å². The fourth-order valence-corrected chi connectivity index (χ4v) is 3.39. The van der Waals surface area contributed by atoms with E-state index in [4.69, 9.17) is 0 Å². The molecule has 0 saturated carbocycles. The van der Waals surface area contributed by atoms with Gasteiger partial charge >= 0.3 is 0 Å². The van der Waals surface area contributed by atoms with E-state index in [9.17, 15) is 0 Å². The number of rotatable bonds is 3. The summed E-state index contributed by atoms with van der Waals surface area (Å²) in [5, 5.41) is 0. The Labute approximate surface area is 155 Å². The second-order valence-corrected chi connectivity index (χ2v) is 6.77. The Morgan fingerprint density at radius 1 is 0.385 bits per heavy atom. The van der Waals surface area contributed by atoms with Crippen LogP contribution in [0.25, 0.3) is 33.4 Å². The van der Waals surface area contributed by atoms with Gasteiger partial charge in [0.1, 0.15) is 0 Å². The monoisotopic (exact) mass is 334 g/mol. The zero-order valence-corrected chi connectivity index (χ0v) is 15.2. The standard InChI is InChI=1S/C26H22/c1-19-7-6-10-26(20(19)2)25-17-15-24(16-18-25)23-13-11-22(12-14-23)21-8-4-3-5-9-21/h3-18H,1-2H3. The van der Waals surface area contributed by atoms with Gasteiger partial charge in [0.25, 0.3) is 0 Å². The molecule has 0 radical (unpaired) electrons. The summed E-state index contributed by atoms with van der Waals surface area (Å²) in [7, 11) is 0. The summed E-state index contributed by atoms with van der Waals surface area (Å²) < 4.78 is 0. The van der Waals surface area contributed by atoms with Crippen LogP contribution in [0, 0.1) is 13.8 Å². The topological polar surface area (TPSA) is 0 Å². The molecule has 0 N–H and O–H groups in total. The highest BCUT2D eigenvalue weighted by atomic mass is 14.1. The molecule has 0 aliphatic rings. The smallest absolute Gasteiger partial charge is 0.0152 e. The molecule has 4 aromatic rings. The van der Waals surface area contributed by atoms with Crippen LogP contribution in [0.4, 0.5) is 0 Å². The predicted molar refractivity (Wildman–Crippen MR) is 112 cm³/mol. The first-order valence-electron chi connectivity index (χ1n) is 9.05. The summed E-state index contributed by atoms with van der Waals surface area (Å²) in [6.45, 7) is 4.36. The molecule has 26 heavy (non-hydrogen) atoms. The minimum absolute atomic E-state index is 1.25. The van der Waals surface area contributed by atoms with Crippen LogP contribution < -0.4 is 0 Å². The van der Waals surface area contributed by atoms with E-state index < -0.39 is 0 Å². The summed E-state index contributed by atoms with van der Waals surface area (Å²) in [4.78, 5) is 0. The molecule has 4 aromatic carbocycles. The summed E-state index contributed by atoms with van der Waals surface area (Å²) in [6, 6.07) is 34.7. The predicted octanol–water partition coefficient (Wildman–Crippen LogP) is 7.30. The van der Waals surface area contributed by atoms with Gasteiger partial charge in [0, 0.05) is 0 Å². The third-order valence-corrected chi connectivity index (χ3v) is 5.13. The highest BCUT2D eigenvalue weighted by molar-refractivity contribution is 5.74. The fraction of sp³-hybridized carbons (Fsp3) is 0.0769. The maximum atomic E-state index is 2.22. The van der Waals surface area contributed by atoms with Crippen LogP contribution in [-0.4, -0.2) is 0 Å². The molecule has 0 aliphatic carbocycles. The number of aryl methyl sites for hydroxylation is 1. The molecule has 126 valence electrons. The molecule has 0 heteroatoms. The van der Waals surface area contributed by atoms with E-state index in [1.54, 1.807) is 0 Å². The molecule has 0 atom stereocenters. The van der Waals surface area contributed by atoms with Crippen LogP contribution in [-0.2, 0) is 0 Å². The third-order valence-electron chi connectivity index (χ3n) is 5.13. The average Bonchev–Trinajstić information content (AvgIpc) is 2.71. The zero-order chi connectivity index (χ0) is 17.9. The minimum atomic E-state index is 1.25. The van der Waals surface area contributed by atoms with E-state index in [0.29, 0.717) is 0 Å². The second-order valence-electron chi connectivity index (χ2n) is 6.77. The lowest BCUT2D eigenvalue weighted by Crippen LogP contribution is -1.87. The number of hydrogen-bond donors (Lipinski definition) is 0. The first-order chi connectivity index (χ1) is 12.7. The maximum Gasteiger partial charge on any atom is -0.0152 e. The van der Waals surface area contributed by atoms with Crippen LogP contribution >= 0.6 is 0 Å². The van der Waals surface area contributed by atoms with E-state index in [-0.39, 0.29) is 0 Å².